The topological polar surface area (TPSA) is 58.6 Å². The summed E-state index contributed by atoms with van der Waals surface area (Å²) in [5.74, 6) is 0.200. The average molecular weight is 375 g/mol. The predicted molar refractivity (Wildman–Crippen MR) is 102 cm³/mol. The minimum absolute atomic E-state index is 0.0703. The molecule has 0 bridgehead atoms. The Morgan fingerprint density at radius 1 is 1.12 bits per heavy atom. The number of hydrogen-bond donors (Lipinski definition) is 1. The normalized spacial score (nSPS) is 10.5. The molecule has 2 aromatic rings. The Balaban J connectivity index is 1.86. The zero-order valence-corrected chi connectivity index (χ0v) is 15.9. The van der Waals surface area contributed by atoms with Crippen LogP contribution in [0.5, 0.6) is 5.75 Å². The van der Waals surface area contributed by atoms with Crippen molar-refractivity contribution in [2.75, 3.05) is 13.6 Å². The van der Waals surface area contributed by atoms with Crippen LogP contribution in [0.15, 0.2) is 48.5 Å². The van der Waals surface area contributed by atoms with Gasteiger partial charge in [0.2, 0.25) is 5.91 Å². The molecule has 0 aromatic heterocycles. The van der Waals surface area contributed by atoms with Gasteiger partial charge in [0.25, 0.3) is 5.91 Å². The first-order valence-electron chi connectivity index (χ1n) is 8.39. The third kappa shape index (κ3) is 5.77. The number of nitrogens with one attached hydrogen (secondary N) is 1. The van der Waals surface area contributed by atoms with Gasteiger partial charge in [-0.05, 0) is 49.7 Å². The first kappa shape index (κ1) is 19.8. The molecule has 0 atom stereocenters. The van der Waals surface area contributed by atoms with Crippen molar-refractivity contribution < 1.29 is 14.3 Å². The molecule has 0 aliphatic heterocycles. The monoisotopic (exact) mass is 374 g/mol. The highest BCUT2D eigenvalue weighted by Crippen LogP contribution is 2.16. The minimum atomic E-state index is -0.305. The molecule has 2 aromatic carbocycles. The number of nitrogens with zero attached hydrogens (tertiary/aromatic N) is 1. The van der Waals surface area contributed by atoms with Gasteiger partial charge in [0.15, 0.2) is 0 Å². The van der Waals surface area contributed by atoms with E-state index in [2.05, 4.69) is 5.32 Å². The van der Waals surface area contributed by atoms with E-state index in [1.807, 2.05) is 32.0 Å². The third-order valence-corrected chi connectivity index (χ3v) is 4.05. The van der Waals surface area contributed by atoms with Crippen molar-refractivity contribution in [1.29, 1.82) is 0 Å². The smallest absolute Gasteiger partial charge is 0.251 e. The van der Waals surface area contributed by atoms with Gasteiger partial charge in [-0.25, -0.2) is 0 Å². The van der Waals surface area contributed by atoms with E-state index in [0.717, 1.165) is 5.56 Å². The first-order valence-corrected chi connectivity index (χ1v) is 8.77. The molecule has 1 N–H and O–H groups in total. The Labute approximate surface area is 158 Å². The van der Waals surface area contributed by atoms with Crippen molar-refractivity contribution in [2.24, 2.45) is 0 Å². The first-order chi connectivity index (χ1) is 12.4. The largest absolute Gasteiger partial charge is 0.491 e. The van der Waals surface area contributed by atoms with E-state index in [0.29, 0.717) is 22.9 Å². The van der Waals surface area contributed by atoms with Crippen LogP contribution in [-0.2, 0) is 11.3 Å². The van der Waals surface area contributed by atoms with Crippen molar-refractivity contribution in [2.45, 2.75) is 26.5 Å². The molecule has 0 aliphatic rings. The fraction of sp³-hybridized carbons (Fsp3) is 0.300. The zero-order valence-electron chi connectivity index (χ0n) is 15.2. The Kier molecular flexibility index (Phi) is 7.04. The van der Waals surface area contributed by atoms with Crippen LogP contribution < -0.4 is 10.1 Å². The molecule has 0 fully saturated rings. The summed E-state index contributed by atoms with van der Waals surface area (Å²) in [6, 6.07) is 14.2. The van der Waals surface area contributed by atoms with Crippen LogP contribution in [0, 0.1) is 0 Å². The molecule has 0 radical (unpaired) electrons. The number of benzene rings is 2. The lowest BCUT2D eigenvalue weighted by Gasteiger charge is -2.18. The van der Waals surface area contributed by atoms with Crippen molar-refractivity contribution in [3.8, 4) is 5.75 Å². The van der Waals surface area contributed by atoms with Gasteiger partial charge >= 0.3 is 0 Å². The number of ether oxygens (including phenoxy) is 1. The second-order valence-electron chi connectivity index (χ2n) is 6.21. The highest BCUT2D eigenvalue weighted by molar-refractivity contribution is 6.31. The van der Waals surface area contributed by atoms with Gasteiger partial charge in [-0.1, -0.05) is 29.8 Å². The van der Waals surface area contributed by atoms with Crippen molar-refractivity contribution in [3.05, 3.63) is 64.7 Å². The van der Waals surface area contributed by atoms with Crippen LogP contribution in [0.3, 0.4) is 0 Å². The average Bonchev–Trinajstić information content (AvgIpc) is 2.61. The van der Waals surface area contributed by atoms with E-state index in [1.165, 1.54) is 4.90 Å². The summed E-state index contributed by atoms with van der Waals surface area (Å²) < 4.78 is 5.54. The number of rotatable bonds is 7. The number of halogens is 1. The number of carbonyl (C=O) groups excluding carboxylic acids is 2. The van der Waals surface area contributed by atoms with Crippen LogP contribution >= 0.6 is 11.6 Å². The summed E-state index contributed by atoms with van der Waals surface area (Å²) in [7, 11) is 1.68. The summed E-state index contributed by atoms with van der Waals surface area (Å²) in [4.78, 5) is 25.9. The van der Waals surface area contributed by atoms with Crippen LogP contribution in [0.4, 0.5) is 0 Å². The summed E-state index contributed by atoms with van der Waals surface area (Å²) in [6.07, 6.45) is 0.0703. The lowest BCUT2D eigenvalue weighted by atomic mass is 10.2. The maximum atomic E-state index is 12.2. The van der Waals surface area contributed by atoms with E-state index >= 15 is 0 Å². The number of amides is 2. The van der Waals surface area contributed by atoms with Gasteiger partial charge in [-0.3, -0.25) is 9.59 Å². The molecule has 6 heteroatoms. The summed E-state index contributed by atoms with van der Waals surface area (Å²) in [5, 5.41) is 3.25. The lowest BCUT2D eigenvalue weighted by molar-refractivity contribution is -0.129. The molecule has 0 heterocycles. The Morgan fingerprint density at radius 3 is 2.38 bits per heavy atom. The second-order valence-corrected chi connectivity index (χ2v) is 6.62. The molecule has 5 nitrogen and oxygen atoms in total. The van der Waals surface area contributed by atoms with Crippen molar-refractivity contribution in [1.82, 2.24) is 10.2 Å². The van der Waals surface area contributed by atoms with Gasteiger partial charge in [0.1, 0.15) is 5.75 Å². The SMILES string of the molecule is CC(C)Oc1ccc(C(=O)NCC(=O)N(C)Cc2ccccc2Cl)cc1. The summed E-state index contributed by atoms with van der Waals surface area (Å²) in [5.41, 5.74) is 1.33. The molecule has 0 unspecified atom stereocenters. The molecular weight excluding hydrogens is 352 g/mol. The van der Waals surface area contributed by atoms with E-state index in [-0.39, 0.29) is 24.5 Å². The fourth-order valence-electron chi connectivity index (χ4n) is 2.32. The molecular formula is C20H23ClN2O3. The molecule has 0 aliphatic carbocycles. The third-order valence-electron chi connectivity index (χ3n) is 3.68. The standard InChI is InChI=1S/C20H23ClN2O3/c1-14(2)26-17-10-8-15(9-11-17)20(25)22-12-19(24)23(3)13-16-6-4-5-7-18(16)21/h4-11,14H,12-13H2,1-3H3,(H,22,25). The Morgan fingerprint density at radius 2 is 1.77 bits per heavy atom. The maximum Gasteiger partial charge on any atom is 0.251 e. The highest BCUT2D eigenvalue weighted by Gasteiger charge is 2.13. The lowest BCUT2D eigenvalue weighted by Crippen LogP contribution is -2.37. The van der Waals surface area contributed by atoms with Gasteiger partial charge in [-0.2, -0.15) is 0 Å². The summed E-state index contributed by atoms with van der Waals surface area (Å²) in [6.45, 7) is 4.18. The Hall–Kier alpha value is -2.53. The van der Waals surface area contributed by atoms with Crippen molar-refractivity contribution >= 4 is 23.4 Å². The van der Waals surface area contributed by atoms with Crippen LogP contribution in [-0.4, -0.2) is 36.4 Å². The van der Waals surface area contributed by atoms with Crippen LogP contribution in [0.25, 0.3) is 0 Å². The molecule has 2 amide bonds. The molecule has 0 saturated carbocycles. The molecule has 26 heavy (non-hydrogen) atoms. The zero-order chi connectivity index (χ0) is 19.1. The molecule has 138 valence electrons. The van der Waals surface area contributed by atoms with E-state index < -0.39 is 0 Å². The van der Waals surface area contributed by atoms with Gasteiger partial charge in [0.05, 0.1) is 12.6 Å². The number of carbonyl (C=O) groups is 2. The minimum Gasteiger partial charge on any atom is -0.491 e. The van der Waals surface area contributed by atoms with Gasteiger partial charge in [0, 0.05) is 24.2 Å². The van der Waals surface area contributed by atoms with Gasteiger partial charge < -0.3 is 15.0 Å². The summed E-state index contributed by atoms with van der Waals surface area (Å²) >= 11 is 6.11. The fourth-order valence-corrected chi connectivity index (χ4v) is 2.52. The molecule has 0 saturated heterocycles. The highest BCUT2D eigenvalue weighted by atomic mass is 35.5. The number of likely N-dealkylation sites (N-methyl/N-ethyl adjacent to an activating group) is 1. The van der Waals surface area contributed by atoms with Crippen LogP contribution in [0.1, 0.15) is 29.8 Å². The quantitative estimate of drug-likeness (QED) is 0.806. The second kappa shape index (κ2) is 9.25. The van der Waals surface area contributed by atoms with E-state index in [9.17, 15) is 9.59 Å². The van der Waals surface area contributed by atoms with Crippen molar-refractivity contribution in [3.63, 3.8) is 0 Å². The molecule has 0 spiro atoms. The van der Waals surface area contributed by atoms with E-state index in [1.54, 1.807) is 37.4 Å². The van der Waals surface area contributed by atoms with Gasteiger partial charge in [-0.15, -0.1) is 0 Å². The Bertz CT molecular complexity index is 760. The van der Waals surface area contributed by atoms with E-state index in [4.69, 9.17) is 16.3 Å². The maximum absolute atomic E-state index is 12.2. The predicted octanol–water partition coefficient (Wildman–Crippen LogP) is 3.52. The molecule has 2 rings (SSSR count). The van der Waals surface area contributed by atoms with Crippen LogP contribution in [0.2, 0.25) is 5.02 Å². The number of hydrogen-bond acceptors (Lipinski definition) is 3.